The monoisotopic (exact) mass is 403 g/mol. The Hall–Kier alpha value is -2.44. The van der Waals surface area contributed by atoms with Gasteiger partial charge in [-0.1, -0.05) is 17.7 Å². The summed E-state index contributed by atoms with van der Waals surface area (Å²) in [5.74, 6) is -0.924. The maximum Gasteiger partial charge on any atom is 0.134 e. The predicted molar refractivity (Wildman–Crippen MR) is 104 cm³/mol. The van der Waals surface area contributed by atoms with Gasteiger partial charge in [-0.3, -0.25) is 10.00 Å². The predicted octanol–water partition coefficient (Wildman–Crippen LogP) is 5.09. The van der Waals surface area contributed by atoms with Crippen LogP contribution in [0.4, 0.5) is 8.78 Å². The van der Waals surface area contributed by atoms with Gasteiger partial charge in [0, 0.05) is 40.9 Å². The summed E-state index contributed by atoms with van der Waals surface area (Å²) < 4.78 is 28.5. The van der Waals surface area contributed by atoms with Crippen molar-refractivity contribution in [1.29, 1.82) is 0 Å². The molecule has 4 rings (SSSR count). The summed E-state index contributed by atoms with van der Waals surface area (Å²) in [6.45, 7) is 2.12. The highest BCUT2D eigenvalue weighted by Gasteiger charge is 2.27. The van der Waals surface area contributed by atoms with Crippen molar-refractivity contribution >= 4 is 11.6 Å². The average Bonchev–Trinajstić information content (AvgIpc) is 3.14. The molecule has 1 fully saturated rings. The van der Waals surface area contributed by atoms with E-state index in [-0.39, 0.29) is 17.2 Å². The molecule has 0 saturated carbocycles. The van der Waals surface area contributed by atoms with Crippen LogP contribution in [0.2, 0.25) is 5.02 Å². The van der Waals surface area contributed by atoms with Crippen molar-refractivity contribution in [1.82, 2.24) is 15.1 Å². The van der Waals surface area contributed by atoms with Gasteiger partial charge in [-0.25, -0.2) is 8.78 Å². The molecular weight excluding hydrogens is 384 g/mol. The fraction of sp³-hybridized carbons (Fsp3) is 0.286. The Morgan fingerprint density at radius 2 is 2.00 bits per heavy atom. The van der Waals surface area contributed by atoms with Crippen molar-refractivity contribution in [2.24, 2.45) is 0 Å². The first-order chi connectivity index (χ1) is 13.5. The largest absolute Gasteiger partial charge is 0.508 e. The van der Waals surface area contributed by atoms with E-state index in [0.717, 1.165) is 30.6 Å². The van der Waals surface area contributed by atoms with E-state index in [4.69, 9.17) is 11.6 Å². The van der Waals surface area contributed by atoms with E-state index in [0.29, 0.717) is 23.7 Å². The van der Waals surface area contributed by atoms with E-state index in [1.807, 2.05) is 0 Å². The number of hydrogen-bond donors (Lipinski definition) is 2. The Balaban J connectivity index is 1.58. The van der Waals surface area contributed by atoms with Crippen LogP contribution in [-0.2, 0) is 6.54 Å². The Labute approximate surface area is 166 Å². The number of H-pyrrole nitrogens is 1. The lowest BCUT2D eigenvalue weighted by atomic mass is 9.90. The molecule has 0 aliphatic carbocycles. The SMILES string of the molecule is Oc1ccc(Cl)cc1CN1CCCC(c2[nH]ncc2-c2c(F)cccc2F)C1. The third kappa shape index (κ3) is 3.75. The molecule has 0 bridgehead atoms. The quantitative estimate of drug-likeness (QED) is 0.637. The number of halogens is 3. The van der Waals surface area contributed by atoms with Crippen molar-refractivity contribution in [3.05, 3.63) is 70.5 Å². The molecule has 1 aliphatic rings. The number of benzene rings is 2. The third-order valence-electron chi connectivity index (χ3n) is 5.25. The van der Waals surface area contributed by atoms with E-state index in [1.54, 1.807) is 18.2 Å². The summed E-state index contributed by atoms with van der Waals surface area (Å²) >= 11 is 6.05. The highest BCUT2D eigenvalue weighted by atomic mass is 35.5. The second-order valence-corrected chi connectivity index (χ2v) is 7.58. The van der Waals surface area contributed by atoms with Crippen molar-refractivity contribution in [2.75, 3.05) is 13.1 Å². The summed E-state index contributed by atoms with van der Waals surface area (Å²) in [7, 11) is 0. The minimum atomic E-state index is -0.598. The average molecular weight is 404 g/mol. The number of phenols is 1. The van der Waals surface area contributed by atoms with Crippen LogP contribution in [0.15, 0.2) is 42.6 Å². The number of nitrogens with one attached hydrogen (secondary N) is 1. The van der Waals surface area contributed by atoms with Gasteiger partial charge in [0.05, 0.1) is 11.8 Å². The molecule has 1 atom stereocenters. The van der Waals surface area contributed by atoms with Crippen molar-refractivity contribution in [3.8, 4) is 16.9 Å². The van der Waals surface area contributed by atoms with Gasteiger partial charge in [0.2, 0.25) is 0 Å². The van der Waals surface area contributed by atoms with Gasteiger partial charge in [0.25, 0.3) is 0 Å². The van der Waals surface area contributed by atoms with Crippen LogP contribution in [0.5, 0.6) is 5.75 Å². The number of likely N-dealkylation sites (tertiary alicyclic amines) is 1. The van der Waals surface area contributed by atoms with E-state index in [2.05, 4.69) is 15.1 Å². The maximum absolute atomic E-state index is 14.3. The van der Waals surface area contributed by atoms with Crippen LogP contribution in [0.1, 0.15) is 30.0 Å². The smallest absolute Gasteiger partial charge is 0.134 e. The van der Waals surface area contributed by atoms with Gasteiger partial charge in [-0.05, 0) is 49.7 Å². The van der Waals surface area contributed by atoms with Crippen LogP contribution in [0.25, 0.3) is 11.1 Å². The Morgan fingerprint density at radius 1 is 1.21 bits per heavy atom. The Morgan fingerprint density at radius 3 is 2.79 bits per heavy atom. The molecule has 3 aromatic rings. The van der Waals surface area contributed by atoms with Gasteiger partial charge in [-0.2, -0.15) is 5.10 Å². The fourth-order valence-electron chi connectivity index (χ4n) is 3.92. The highest BCUT2D eigenvalue weighted by Crippen LogP contribution is 2.36. The maximum atomic E-state index is 14.3. The normalized spacial score (nSPS) is 17.8. The van der Waals surface area contributed by atoms with Crippen LogP contribution in [0, 0.1) is 11.6 Å². The summed E-state index contributed by atoms with van der Waals surface area (Å²) in [5.41, 5.74) is 1.92. The number of aromatic hydroxyl groups is 1. The molecule has 146 valence electrons. The molecular formula is C21H20ClF2N3O. The van der Waals surface area contributed by atoms with Crippen molar-refractivity contribution in [3.63, 3.8) is 0 Å². The first kappa shape index (κ1) is 18.9. The molecule has 2 N–H and O–H groups in total. The number of rotatable bonds is 4. The minimum Gasteiger partial charge on any atom is -0.508 e. The molecule has 4 nitrogen and oxygen atoms in total. The van der Waals surface area contributed by atoms with Crippen LogP contribution in [0.3, 0.4) is 0 Å². The zero-order valence-electron chi connectivity index (χ0n) is 15.1. The molecule has 1 aromatic heterocycles. The molecule has 0 radical (unpaired) electrons. The van der Waals surface area contributed by atoms with Gasteiger partial charge in [-0.15, -0.1) is 0 Å². The van der Waals surface area contributed by atoms with Crippen LogP contribution in [-0.4, -0.2) is 33.3 Å². The Bertz CT molecular complexity index is 971. The standard InChI is InChI=1S/C21H20ClF2N3O/c22-15-6-7-19(28)14(9-15)12-27-8-2-3-13(11-27)21-16(10-25-26-21)20-17(23)4-1-5-18(20)24/h1,4-7,9-10,13,28H,2-3,8,11-12H2,(H,25,26). The lowest BCUT2D eigenvalue weighted by molar-refractivity contribution is 0.197. The van der Waals surface area contributed by atoms with E-state index >= 15 is 0 Å². The molecule has 1 aliphatic heterocycles. The van der Waals surface area contributed by atoms with Gasteiger partial charge < -0.3 is 5.11 Å². The van der Waals surface area contributed by atoms with E-state index < -0.39 is 11.6 Å². The summed E-state index contributed by atoms with van der Waals surface area (Å²) in [5, 5.41) is 17.7. The Kier molecular flexibility index (Phi) is 5.33. The molecule has 0 amide bonds. The first-order valence-corrected chi connectivity index (χ1v) is 9.58. The molecule has 2 aromatic carbocycles. The lowest BCUT2D eigenvalue weighted by Gasteiger charge is -2.33. The van der Waals surface area contributed by atoms with Gasteiger partial charge in [0.15, 0.2) is 0 Å². The van der Waals surface area contributed by atoms with E-state index in [1.165, 1.54) is 24.4 Å². The zero-order valence-corrected chi connectivity index (χ0v) is 15.9. The molecule has 7 heteroatoms. The van der Waals surface area contributed by atoms with Gasteiger partial charge >= 0.3 is 0 Å². The number of aromatic amines is 1. The number of nitrogens with zero attached hydrogens (tertiary/aromatic N) is 2. The fourth-order valence-corrected chi connectivity index (χ4v) is 4.11. The molecule has 28 heavy (non-hydrogen) atoms. The van der Waals surface area contributed by atoms with Gasteiger partial charge in [0.1, 0.15) is 17.4 Å². The van der Waals surface area contributed by atoms with Crippen LogP contribution < -0.4 is 0 Å². The number of piperidine rings is 1. The molecule has 1 saturated heterocycles. The number of aromatic nitrogens is 2. The van der Waals surface area contributed by atoms with Crippen molar-refractivity contribution < 1.29 is 13.9 Å². The molecule has 2 heterocycles. The molecule has 1 unspecified atom stereocenters. The first-order valence-electron chi connectivity index (χ1n) is 9.20. The minimum absolute atomic E-state index is 0.0455. The second kappa shape index (κ2) is 7.89. The van der Waals surface area contributed by atoms with Crippen LogP contribution >= 0.6 is 11.6 Å². The number of phenolic OH excluding ortho intramolecular Hbond substituents is 1. The zero-order chi connectivity index (χ0) is 19.7. The molecule has 0 spiro atoms. The number of hydrogen-bond acceptors (Lipinski definition) is 3. The topological polar surface area (TPSA) is 52.1 Å². The second-order valence-electron chi connectivity index (χ2n) is 7.14. The summed E-state index contributed by atoms with van der Waals surface area (Å²) in [4.78, 5) is 2.21. The van der Waals surface area contributed by atoms with Crippen molar-refractivity contribution in [2.45, 2.75) is 25.3 Å². The summed E-state index contributed by atoms with van der Waals surface area (Å²) in [6, 6.07) is 8.87. The highest BCUT2D eigenvalue weighted by molar-refractivity contribution is 6.30. The summed E-state index contributed by atoms with van der Waals surface area (Å²) in [6.07, 6.45) is 3.31. The van der Waals surface area contributed by atoms with E-state index in [9.17, 15) is 13.9 Å². The third-order valence-corrected chi connectivity index (χ3v) is 5.49. The lowest BCUT2D eigenvalue weighted by Crippen LogP contribution is -2.34.